The summed E-state index contributed by atoms with van der Waals surface area (Å²) in [5.74, 6) is 0.0140. The van der Waals surface area contributed by atoms with E-state index in [0.717, 1.165) is 39.1 Å². The Labute approximate surface area is 120 Å². The highest BCUT2D eigenvalue weighted by molar-refractivity contribution is 6.58. The molecule has 1 aliphatic heterocycles. The third-order valence-electron chi connectivity index (χ3n) is 3.66. The van der Waals surface area contributed by atoms with Crippen LogP contribution in [0.15, 0.2) is 24.3 Å². The van der Waals surface area contributed by atoms with E-state index in [4.69, 9.17) is 10.0 Å². The van der Waals surface area contributed by atoms with Gasteiger partial charge in [-0.25, -0.2) is 0 Å². The zero-order valence-electron chi connectivity index (χ0n) is 11.8. The largest absolute Gasteiger partial charge is 0.488 e. The van der Waals surface area contributed by atoms with E-state index in [1.54, 1.807) is 24.3 Å². The molecule has 1 heterocycles. The van der Waals surface area contributed by atoms with Gasteiger partial charge in [0.1, 0.15) is 0 Å². The lowest BCUT2D eigenvalue weighted by atomic mass is 9.80. The van der Waals surface area contributed by atoms with E-state index in [9.17, 15) is 4.79 Å². The molecule has 0 atom stereocenters. The molecule has 0 aromatic heterocycles. The van der Waals surface area contributed by atoms with Gasteiger partial charge in [0.15, 0.2) is 0 Å². The van der Waals surface area contributed by atoms with E-state index < -0.39 is 7.12 Å². The molecule has 0 bridgehead atoms. The molecule has 6 heteroatoms. The minimum atomic E-state index is -1.49. The second-order valence-electron chi connectivity index (χ2n) is 5.13. The molecule has 0 aliphatic carbocycles. The molecule has 0 saturated carbocycles. The minimum absolute atomic E-state index is 0.0140. The second kappa shape index (κ2) is 6.88. The fraction of sp³-hybridized carbons (Fsp3) is 0.500. The van der Waals surface area contributed by atoms with E-state index in [0.29, 0.717) is 11.0 Å². The number of carbonyl (C=O) groups excluding carboxylic acids is 1. The van der Waals surface area contributed by atoms with Crippen LogP contribution in [0.25, 0.3) is 0 Å². The normalized spacial score (nSPS) is 16.2. The van der Waals surface area contributed by atoms with Crippen molar-refractivity contribution >= 4 is 18.5 Å². The first-order valence-electron chi connectivity index (χ1n) is 7.09. The lowest BCUT2D eigenvalue weighted by Crippen LogP contribution is -2.48. The number of nitrogens with zero attached hydrogens (tertiary/aromatic N) is 2. The van der Waals surface area contributed by atoms with Gasteiger partial charge < -0.3 is 14.9 Å². The minimum Gasteiger partial charge on any atom is -0.423 e. The average molecular weight is 276 g/mol. The zero-order chi connectivity index (χ0) is 14.5. The number of amides is 1. The first-order valence-corrected chi connectivity index (χ1v) is 7.09. The van der Waals surface area contributed by atoms with Crippen molar-refractivity contribution in [1.82, 2.24) is 9.80 Å². The molecule has 1 aliphatic rings. The summed E-state index contributed by atoms with van der Waals surface area (Å²) in [6.45, 7) is 6.60. The number of hydrogen-bond donors (Lipinski definition) is 2. The van der Waals surface area contributed by atoms with Crippen LogP contribution in [-0.2, 0) is 0 Å². The maximum Gasteiger partial charge on any atom is 0.488 e. The third-order valence-corrected chi connectivity index (χ3v) is 3.66. The number of hydrogen-bond acceptors (Lipinski definition) is 4. The molecule has 108 valence electrons. The number of piperazine rings is 1. The summed E-state index contributed by atoms with van der Waals surface area (Å²) < 4.78 is 0. The molecule has 1 amide bonds. The Hall–Kier alpha value is -1.37. The first kappa shape index (κ1) is 15.0. The summed E-state index contributed by atoms with van der Waals surface area (Å²) in [5, 5.41) is 18.1. The van der Waals surface area contributed by atoms with Gasteiger partial charge in [-0.3, -0.25) is 9.69 Å². The molecule has 0 spiro atoms. The van der Waals surface area contributed by atoms with Gasteiger partial charge in [-0.05, 0) is 30.6 Å². The predicted octanol–water partition coefficient (Wildman–Crippen LogP) is -0.466. The molecule has 0 unspecified atom stereocenters. The molecule has 0 radical (unpaired) electrons. The lowest BCUT2D eigenvalue weighted by molar-refractivity contribution is 0.0637. The number of carbonyl (C=O) groups is 1. The Bertz CT molecular complexity index is 442. The van der Waals surface area contributed by atoms with E-state index in [2.05, 4.69) is 11.8 Å². The molecule has 1 aromatic carbocycles. The fourth-order valence-electron chi connectivity index (χ4n) is 2.47. The molecule has 1 aromatic rings. The van der Waals surface area contributed by atoms with Gasteiger partial charge >= 0.3 is 7.12 Å². The molecule has 1 saturated heterocycles. The van der Waals surface area contributed by atoms with Crippen molar-refractivity contribution in [2.45, 2.75) is 13.3 Å². The topological polar surface area (TPSA) is 64.0 Å². The number of benzene rings is 1. The Morgan fingerprint density at radius 3 is 2.25 bits per heavy atom. The summed E-state index contributed by atoms with van der Waals surface area (Å²) in [7, 11) is -1.49. The lowest BCUT2D eigenvalue weighted by Gasteiger charge is -2.34. The Morgan fingerprint density at radius 1 is 1.15 bits per heavy atom. The Kier molecular flexibility index (Phi) is 5.17. The smallest absolute Gasteiger partial charge is 0.423 e. The van der Waals surface area contributed by atoms with Crippen LogP contribution in [0.5, 0.6) is 0 Å². The summed E-state index contributed by atoms with van der Waals surface area (Å²) in [4.78, 5) is 16.6. The van der Waals surface area contributed by atoms with Crippen LogP contribution >= 0.6 is 0 Å². The van der Waals surface area contributed by atoms with E-state index in [-0.39, 0.29) is 5.91 Å². The summed E-state index contributed by atoms with van der Waals surface area (Å²) >= 11 is 0. The maximum absolute atomic E-state index is 12.3. The van der Waals surface area contributed by atoms with Gasteiger partial charge in [-0.15, -0.1) is 0 Å². The molecule has 2 N–H and O–H groups in total. The van der Waals surface area contributed by atoms with E-state index in [1.165, 1.54) is 0 Å². The van der Waals surface area contributed by atoms with Crippen LogP contribution in [0, 0.1) is 0 Å². The van der Waals surface area contributed by atoms with Gasteiger partial charge in [0.05, 0.1) is 0 Å². The SMILES string of the molecule is CCCN1CCN(C(=O)c2ccc(B(O)O)cc2)CC1. The average Bonchev–Trinajstić information content (AvgIpc) is 2.48. The van der Waals surface area contributed by atoms with Crippen LogP contribution in [0.4, 0.5) is 0 Å². The van der Waals surface area contributed by atoms with Crippen molar-refractivity contribution in [3.05, 3.63) is 29.8 Å². The monoisotopic (exact) mass is 276 g/mol. The van der Waals surface area contributed by atoms with E-state index in [1.807, 2.05) is 4.90 Å². The van der Waals surface area contributed by atoms with E-state index >= 15 is 0 Å². The van der Waals surface area contributed by atoms with Crippen LogP contribution in [0.3, 0.4) is 0 Å². The molecule has 20 heavy (non-hydrogen) atoms. The predicted molar refractivity (Wildman–Crippen MR) is 78.9 cm³/mol. The standard InChI is InChI=1S/C14H21BN2O3/c1-2-7-16-8-10-17(11-9-16)14(18)12-3-5-13(6-4-12)15(19)20/h3-6,19-20H,2,7-11H2,1H3. The van der Waals surface area contributed by atoms with Crippen LogP contribution < -0.4 is 5.46 Å². The van der Waals surface area contributed by atoms with Crippen molar-refractivity contribution < 1.29 is 14.8 Å². The fourth-order valence-corrected chi connectivity index (χ4v) is 2.47. The maximum atomic E-state index is 12.3. The zero-order valence-corrected chi connectivity index (χ0v) is 11.8. The second-order valence-corrected chi connectivity index (χ2v) is 5.13. The summed E-state index contributed by atoms with van der Waals surface area (Å²) in [6.07, 6.45) is 1.14. The van der Waals surface area contributed by atoms with Gasteiger partial charge in [0.25, 0.3) is 5.91 Å². The Morgan fingerprint density at radius 2 is 1.75 bits per heavy atom. The highest BCUT2D eigenvalue weighted by Crippen LogP contribution is 2.08. The quantitative estimate of drug-likeness (QED) is 0.730. The van der Waals surface area contributed by atoms with Crippen LogP contribution in [-0.4, -0.2) is 65.6 Å². The highest BCUT2D eigenvalue weighted by Gasteiger charge is 2.22. The number of rotatable bonds is 4. The third kappa shape index (κ3) is 3.59. The van der Waals surface area contributed by atoms with Crippen molar-refractivity contribution in [1.29, 1.82) is 0 Å². The van der Waals surface area contributed by atoms with Crippen LogP contribution in [0.1, 0.15) is 23.7 Å². The molecular formula is C14H21BN2O3. The van der Waals surface area contributed by atoms with Gasteiger partial charge in [-0.2, -0.15) is 0 Å². The molecule has 2 rings (SSSR count). The van der Waals surface area contributed by atoms with Crippen molar-refractivity contribution in [3.8, 4) is 0 Å². The summed E-state index contributed by atoms with van der Waals surface area (Å²) in [5.41, 5.74) is 0.993. The van der Waals surface area contributed by atoms with Crippen molar-refractivity contribution in [3.63, 3.8) is 0 Å². The molecule has 1 fully saturated rings. The van der Waals surface area contributed by atoms with Crippen molar-refractivity contribution in [2.75, 3.05) is 32.7 Å². The van der Waals surface area contributed by atoms with Gasteiger partial charge in [0.2, 0.25) is 0 Å². The summed E-state index contributed by atoms with van der Waals surface area (Å²) in [6, 6.07) is 6.45. The molecule has 5 nitrogen and oxygen atoms in total. The Balaban J connectivity index is 1.95. The van der Waals surface area contributed by atoms with Gasteiger partial charge in [-0.1, -0.05) is 19.1 Å². The van der Waals surface area contributed by atoms with Gasteiger partial charge in [0, 0.05) is 31.7 Å². The first-order chi connectivity index (χ1) is 9.61. The van der Waals surface area contributed by atoms with Crippen LogP contribution in [0.2, 0.25) is 0 Å². The molecular weight excluding hydrogens is 255 g/mol. The van der Waals surface area contributed by atoms with Crippen molar-refractivity contribution in [2.24, 2.45) is 0 Å². The highest BCUT2D eigenvalue weighted by atomic mass is 16.4.